The van der Waals surface area contributed by atoms with E-state index in [2.05, 4.69) is 17.3 Å². The van der Waals surface area contributed by atoms with Gasteiger partial charge in [-0.05, 0) is 57.3 Å². The van der Waals surface area contributed by atoms with Crippen LogP contribution in [0.25, 0.3) is 0 Å². The van der Waals surface area contributed by atoms with E-state index in [1.807, 2.05) is 42.3 Å². The number of nitrogens with one attached hydrogen (secondary N) is 1. The Bertz CT molecular complexity index is 487. The van der Waals surface area contributed by atoms with Crippen LogP contribution in [0.15, 0.2) is 30.3 Å². The maximum Gasteiger partial charge on any atom is 0.317 e. The zero-order chi connectivity index (χ0) is 17.4. The molecule has 134 valence electrons. The SMILES string of the molecule is CN1CCC(CN(C)C(=O)NC(CCCO)c2ccccc2)CC1. The van der Waals surface area contributed by atoms with E-state index in [0.29, 0.717) is 12.3 Å². The Hall–Kier alpha value is -1.59. The third kappa shape index (κ3) is 5.80. The number of hydrogen-bond donors (Lipinski definition) is 2. The highest BCUT2D eigenvalue weighted by Gasteiger charge is 2.22. The van der Waals surface area contributed by atoms with E-state index >= 15 is 0 Å². The van der Waals surface area contributed by atoms with E-state index in [0.717, 1.165) is 44.5 Å². The maximum absolute atomic E-state index is 12.6. The number of rotatable bonds is 7. The number of nitrogens with zero attached hydrogens (tertiary/aromatic N) is 2. The molecule has 1 aromatic rings. The van der Waals surface area contributed by atoms with Crippen LogP contribution in [-0.4, -0.2) is 61.3 Å². The van der Waals surface area contributed by atoms with Gasteiger partial charge in [0.1, 0.15) is 0 Å². The fourth-order valence-corrected chi connectivity index (χ4v) is 3.28. The first-order valence-corrected chi connectivity index (χ1v) is 8.96. The predicted octanol–water partition coefficient (Wildman–Crippen LogP) is 2.48. The lowest BCUT2D eigenvalue weighted by atomic mass is 9.97. The number of likely N-dealkylation sites (tertiary alicyclic amines) is 1. The monoisotopic (exact) mass is 333 g/mol. The average Bonchev–Trinajstić information content (AvgIpc) is 2.61. The van der Waals surface area contributed by atoms with E-state index in [9.17, 15) is 4.79 Å². The zero-order valence-electron chi connectivity index (χ0n) is 14.9. The van der Waals surface area contributed by atoms with Crippen molar-refractivity contribution in [1.82, 2.24) is 15.1 Å². The van der Waals surface area contributed by atoms with Gasteiger partial charge in [-0.3, -0.25) is 0 Å². The van der Waals surface area contributed by atoms with Gasteiger partial charge in [-0.25, -0.2) is 4.79 Å². The molecule has 2 N–H and O–H groups in total. The minimum absolute atomic E-state index is 0.0271. The Morgan fingerprint density at radius 1 is 1.33 bits per heavy atom. The highest BCUT2D eigenvalue weighted by molar-refractivity contribution is 5.74. The van der Waals surface area contributed by atoms with Gasteiger partial charge in [0.2, 0.25) is 0 Å². The normalized spacial score (nSPS) is 17.5. The Morgan fingerprint density at radius 2 is 2.00 bits per heavy atom. The zero-order valence-corrected chi connectivity index (χ0v) is 14.9. The number of amides is 2. The minimum atomic E-state index is -0.0502. The molecule has 2 rings (SSSR count). The number of aliphatic hydroxyl groups excluding tert-OH is 1. The van der Waals surface area contributed by atoms with E-state index in [1.165, 1.54) is 0 Å². The molecule has 2 amide bonds. The largest absolute Gasteiger partial charge is 0.396 e. The minimum Gasteiger partial charge on any atom is -0.396 e. The molecular weight excluding hydrogens is 302 g/mol. The van der Waals surface area contributed by atoms with Crippen LogP contribution in [-0.2, 0) is 0 Å². The Balaban J connectivity index is 1.89. The van der Waals surface area contributed by atoms with Crippen molar-refractivity contribution in [2.75, 3.05) is 40.3 Å². The van der Waals surface area contributed by atoms with E-state index in [-0.39, 0.29) is 18.7 Å². The summed E-state index contributed by atoms with van der Waals surface area (Å²) >= 11 is 0. The summed E-state index contributed by atoms with van der Waals surface area (Å²) in [6.45, 7) is 3.18. The molecule has 1 aliphatic heterocycles. The highest BCUT2D eigenvalue weighted by atomic mass is 16.3. The number of carbonyl (C=O) groups is 1. The van der Waals surface area contributed by atoms with Gasteiger partial charge in [0, 0.05) is 20.2 Å². The fourth-order valence-electron chi connectivity index (χ4n) is 3.28. The summed E-state index contributed by atoms with van der Waals surface area (Å²) in [4.78, 5) is 16.7. The van der Waals surface area contributed by atoms with Crippen molar-refractivity contribution in [1.29, 1.82) is 0 Å². The molecule has 1 aliphatic rings. The molecule has 0 bridgehead atoms. The van der Waals surface area contributed by atoms with Crippen molar-refractivity contribution in [3.63, 3.8) is 0 Å². The molecule has 1 atom stereocenters. The van der Waals surface area contributed by atoms with Crippen LogP contribution in [0.1, 0.15) is 37.3 Å². The second kappa shape index (κ2) is 9.64. The molecule has 0 spiro atoms. The van der Waals surface area contributed by atoms with Gasteiger partial charge in [-0.2, -0.15) is 0 Å². The van der Waals surface area contributed by atoms with Gasteiger partial charge in [0.25, 0.3) is 0 Å². The summed E-state index contributed by atoms with van der Waals surface area (Å²) in [5, 5.41) is 12.2. The van der Waals surface area contributed by atoms with Crippen molar-refractivity contribution >= 4 is 6.03 Å². The Morgan fingerprint density at radius 3 is 2.62 bits per heavy atom. The number of hydrogen-bond acceptors (Lipinski definition) is 3. The van der Waals surface area contributed by atoms with Crippen molar-refractivity contribution in [3.8, 4) is 0 Å². The molecule has 24 heavy (non-hydrogen) atoms. The van der Waals surface area contributed by atoms with Crippen LogP contribution in [0.5, 0.6) is 0 Å². The van der Waals surface area contributed by atoms with Crippen molar-refractivity contribution in [2.24, 2.45) is 5.92 Å². The van der Waals surface area contributed by atoms with E-state index in [4.69, 9.17) is 5.11 Å². The number of carbonyl (C=O) groups excluding carboxylic acids is 1. The molecule has 1 heterocycles. The second-order valence-electron chi connectivity index (χ2n) is 6.91. The standard InChI is InChI=1S/C19H31N3O2/c1-21-12-10-16(11-13-21)15-22(2)19(24)20-18(9-6-14-23)17-7-4-3-5-8-17/h3-5,7-8,16,18,23H,6,9-15H2,1-2H3,(H,20,24). The van der Waals surface area contributed by atoms with Crippen LogP contribution in [0.2, 0.25) is 0 Å². The number of aliphatic hydroxyl groups is 1. The first kappa shape index (κ1) is 18.7. The molecule has 5 heteroatoms. The lowest BCUT2D eigenvalue weighted by Gasteiger charge is -2.32. The van der Waals surface area contributed by atoms with Gasteiger partial charge in [0.05, 0.1) is 6.04 Å². The van der Waals surface area contributed by atoms with Crippen LogP contribution >= 0.6 is 0 Å². The number of piperidine rings is 1. The molecule has 1 aromatic carbocycles. The van der Waals surface area contributed by atoms with Gasteiger partial charge in [-0.1, -0.05) is 30.3 Å². The predicted molar refractivity (Wildman–Crippen MR) is 96.9 cm³/mol. The van der Waals surface area contributed by atoms with Crippen LogP contribution in [0, 0.1) is 5.92 Å². The lowest BCUT2D eigenvalue weighted by Crippen LogP contribution is -2.43. The quantitative estimate of drug-likeness (QED) is 0.806. The smallest absolute Gasteiger partial charge is 0.317 e. The summed E-state index contributed by atoms with van der Waals surface area (Å²) in [6, 6.07) is 9.91. The van der Waals surface area contributed by atoms with Gasteiger partial charge < -0.3 is 20.2 Å². The molecule has 1 fully saturated rings. The summed E-state index contributed by atoms with van der Waals surface area (Å²) in [7, 11) is 4.03. The molecule has 0 aromatic heterocycles. The second-order valence-corrected chi connectivity index (χ2v) is 6.91. The maximum atomic E-state index is 12.6. The fraction of sp³-hybridized carbons (Fsp3) is 0.632. The average molecular weight is 333 g/mol. The molecular formula is C19H31N3O2. The van der Waals surface area contributed by atoms with Crippen molar-refractivity contribution in [2.45, 2.75) is 31.7 Å². The molecule has 5 nitrogen and oxygen atoms in total. The van der Waals surface area contributed by atoms with Gasteiger partial charge >= 0.3 is 6.03 Å². The molecule has 0 radical (unpaired) electrons. The molecule has 0 saturated carbocycles. The third-order valence-corrected chi connectivity index (χ3v) is 4.87. The van der Waals surface area contributed by atoms with Crippen LogP contribution in [0.4, 0.5) is 4.79 Å². The van der Waals surface area contributed by atoms with E-state index < -0.39 is 0 Å². The summed E-state index contributed by atoms with van der Waals surface area (Å²) in [5.41, 5.74) is 1.09. The van der Waals surface area contributed by atoms with Gasteiger partial charge in [-0.15, -0.1) is 0 Å². The van der Waals surface area contributed by atoms with Gasteiger partial charge in [0.15, 0.2) is 0 Å². The number of benzene rings is 1. The van der Waals surface area contributed by atoms with Crippen molar-refractivity contribution in [3.05, 3.63) is 35.9 Å². The molecule has 1 unspecified atom stereocenters. The first-order valence-electron chi connectivity index (χ1n) is 8.96. The summed E-state index contributed by atoms with van der Waals surface area (Å²) in [6.07, 6.45) is 3.73. The first-order chi connectivity index (χ1) is 11.6. The summed E-state index contributed by atoms with van der Waals surface area (Å²) < 4.78 is 0. The third-order valence-electron chi connectivity index (χ3n) is 4.87. The Labute approximate surface area is 145 Å². The molecule has 1 saturated heterocycles. The lowest BCUT2D eigenvalue weighted by molar-refractivity contribution is 0.167. The molecule has 0 aliphatic carbocycles. The van der Waals surface area contributed by atoms with E-state index in [1.54, 1.807) is 0 Å². The topological polar surface area (TPSA) is 55.8 Å². The van der Waals surface area contributed by atoms with Crippen LogP contribution < -0.4 is 5.32 Å². The number of urea groups is 1. The van der Waals surface area contributed by atoms with Crippen LogP contribution in [0.3, 0.4) is 0 Å². The Kier molecular flexibility index (Phi) is 7.53. The summed E-state index contributed by atoms with van der Waals surface area (Å²) in [5.74, 6) is 0.588. The highest BCUT2D eigenvalue weighted by Crippen LogP contribution is 2.20. The van der Waals surface area contributed by atoms with Crippen molar-refractivity contribution < 1.29 is 9.90 Å².